The van der Waals surface area contributed by atoms with Crippen LogP contribution in [0.5, 0.6) is 11.5 Å². The number of hydrogen-bond acceptors (Lipinski definition) is 4. The van der Waals surface area contributed by atoms with Gasteiger partial charge in [0.2, 0.25) is 5.91 Å². The first-order valence-corrected chi connectivity index (χ1v) is 6.05. The SMILES string of the molecule is CC(C)(C)[C@@H](N)C(=O)Nc1ccc2c(c1)OC(F)(F)O2. The molecule has 7 heteroatoms. The summed E-state index contributed by atoms with van der Waals surface area (Å²) in [4.78, 5) is 11.9. The first kappa shape index (κ1) is 14.5. The van der Waals surface area contributed by atoms with Crippen molar-refractivity contribution in [3.8, 4) is 11.5 Å². The van der Waals surface area contributed by atoms with E-state index in [0.717, 1.165) is 0 Å². The van der Waals surface area contributed by atoms with Crippen molar-refractivity contribution in [2.24, 2.45) is 11.1 Å². The van der Waals surface area contributed by atoms with Gasteiger partial charge in [-0.15, -0.1) is 8.78 Å². The molecular formula is C13H16F2N2O3. The van der Waals surface area contributed by atoms with Gasteiger partial charge in [0.25, 0.3) is 0 Å². The third-order valence-corrected chi connectivity index (χ3v) is 2.88. The molecule has 0 aliphatic carbocycles. The molecular weight excluding hydrogens is 270 g/mol. The molecule has 1 aromatic rings. The van der Waals surface area contributed by atoms with Crippen LogP contribution in [0.1, 0.15) is 20.8 Å². The summed E-state index contributed by atoms with van der Waals surface area (Å²) in [5.74, 6) is -0.603. The number of carbonyl (C=O) groups excluding carboxylic acids is 1. The van der Waals surface area contributed by atoms with Crippen molar-refractivity contribution in [2.75, 3.05) is 5.32 Å². The Morgan fingerprint density at radius 2 is 1.90 bits per heavy atom. The van der Waals surface area contributed by atoms with Gasteiger partial charge in [-0.3, -0.25) is 4.79 Å². The summed E-state index contributed by atoms with van der Waals surface area (Å²) < 4.78 is 34.3. The highest BCUT2D eigenvalue weighted by atomic mass is 19.3. The minimum Gasteiger partial charge on any atom is -0.395 e. The number of halogens is 2. The summed E-state index contributed by atoms with van der Waals surface area (Å²) >= 11 is 0. The Kier molecular flexibility index (Phi) is 3.33. The van der Waals surface area contributed by atoms with Crippen molar-refractivity contribution < 1.29 is 23.0 Å². The van der Waals surface area contributed by atoms with Gasteiger partial charge in [0, 0.05) is 11.8 Å². The molecule has 3 N–H and O–H groups in total. The van der Waals surface area contributed by atoms with E-state index < -0.39 is 23.7 Å². The fourth-order valence-corrected chi connectivity index (χ4v) is 1.64. The maximum absolute atomic E-state index is 12.9. The second-order valence-electron chi connectivity index (χ2n) is 5.66. The van der Waals surface area contributed by atoms with Crippen LogP contribution < -0.4 is 20.5 Å². The Hall–Kier alpha value is -1.89. The Morgan fingerprint density at radius 3 is 2.50 bits per heavy atom. The predicted octanol–water partition coefficient (Wildman–Crippen LogP) is 2.32. The Labute approximate surface area is 115 Å². The van der Waals surface area contributed by atoms with E-state index >= 15 is 0 Å². The third-order valence-electron chi connectivity index (χ3n) is 2.88. The van der Waals surface area contributed by atoms with Gasteiger partial charge in [-0.2, -0.15) is 0 Å². The summed E-state index contributed by atoms with van der Waals surface area (Å²) in [7, 11) is 0. The highest BCUT2D eigenvalue weighted by Gasteiger charge is 2.43. The van der Waals surface area contributed by atoms with Gasteiger partial charge in [0.15, 0.2) is 11.5 Å². The molecule has 1 heterocycles. The maximum atomic E-state index is 12.9. The first-order chi connectivity index (χ1) is 9.08. The summed E-state index contributed by atoms with van der Waals surface area (Å²) in [5, 5.41) is 2.56. The van der Waals surface area contributed by atoms with E-state index in [-0.39, 0.29) is 11.5 Å². The van der Waals surface area contributed by atoms with Crippen molar-refractivity contribution in [1.82, 2.24) is 0 Å². The second-order valence-corrected chi connectivity index (χ2v) is 5.66. The molecule has 5 nitrogen and oxygen atoms in total. The van der Waals surface area contributed by atoms with Gasteiger partial charge < -0.3 is 20.5 Å². The highest BCUT2D eigenvalue weighted by Crippen LogP contribution is 2.42. The van der Waals surface area contributed by atoms with Crippen LogP contribution in [0, 0.1) is 5.41 Å². The van der Waals surface area contributed by atoms with Crippen molar-refractivity contribution in [2.45, 2.75) is 33.1 Å². The van der Waals surface area contributed by atoms with E-state index in [2.05, 4.69) is 14.8 Å². The number of rotatable bonds is 2. The molecule has 0 saturated carbocycles. The lowest BCUT2D eigenvalue weighted by atomic mass is 9.87. The zero-order valence-electron chi connectivity index (χ0n) is 11.4. The van der Waals surface area contributed by atoms with Gasteiger partial charge in [-0.25, -0.2) is 0 Å². The van der Waals surface area contributed by atoms with Crippen LogP contribution in [0.15, 0.2) is 18.2 Å². The van der Waals surface area contributed by atoms with Crippen molar-refractivity contribution in [3.63, 3.8) is 0 Å². The van der Waals surface area contributed by atoms with E-state index in [1.807, 2.05) is 20.8 Å². The maximum Gasteiger partial charge on any atom is 0.586 e. The van der Waals surface area contributed by atoms with Crippen molar-refractivity contribution in [1.29, 1.82) is 0 Å². The molecule has 0 fully saturated rings. The van der Waals surface area contributed by atoms with Gasteiger partial charge in [-0.1, -0.05) is 20.8 Å². The van der Waals surface area contributed by atoms with Gasteiger partial charge in [0.1, 0.15) is 0 Å². The van der Waals surface area contributed by atoms with Crippen LogP contribution in [0.4, 0.5) is 14.5 Å². The number of carbonyl (C=O) groups is 1. The molecule has 1 aliphatic heterocycles. The second kappa shape index (κ2) is 4.59. The quantitative estimate of drug-likeness (QED) is 0.875. The van der Waals surface area contributed by atoms with Gasteiger partial charge >= 0.3 is 6.29 Å². The lowest BCUT2D eigenvalue weighted by Crippen LogP contribution is -2.45. The molecule has 1 aliphatic rings. The molecule has 1 amide bonds. The standard InChI is InChI=1S/C13H16F2N2O3/c1-12(2,3)10(16)11(18)17-7-4-5-8-9(6-7)20-13(14,15)19-8/h4-6,10H,16H2,1-3H3,(H,17,18)/t10-/m0/s1. The molecule has 0 aromatic heterocycles. The predicted molar refractivity (Wildman–Crippen MR) is 68.7 cm³/mol. The largest absolute Gasteiger partial charge is 0.586 e. The van der Waals surface area contributed by atoms with E-state index in [0.29, 0.717) is 5.69 Å². The summed E-state index contributed by atoms with van der Waals surface area (Å²) in [6, 6.07) is 3.28. The zero-order valence-corrected chi connectivity index (χ0v) is 11.4. The first-order valence-electron chi connectivity index (χ1n) is 6.05. The fourth-order valence-electron chi connectivity index (χ4n) is 1.64. The van der Waals surface area contributed by atoms with Gasteiger partial charge in [-0.05, 0) is 17.5 Å². The Balaban J connectivity index is 2.12. The third kappa shape index (κ3) is 2.98. The summed E-state index contributed by atoms with van der Waals surface area (Å²) in [6.45, 7) is 5.49. The molecule has 1 aromatic carbocycles. The van der Waals surface area contributed by atoms with Crippen LogP contribution in [-0.4, -0.2) is 18.2 Å². The Morgan fingerprint density at radius 1 is 1.30 bits per heavy atom. The number of nitrogens with two attached hydrogens (primary N) is 1. The molecule has 0 bridgehead atoms. The molecule has 20 heavy (non-hydrogen) atoms. The smallest absolute Gasteiger partial charge is 0.395 e. The number of ether oxygens (including phenoxy) is 2. The average Bonchev–Trinajstić information content (AvgIpc) is 2.59. The number of benzene rings is 1. The highest BCUT2D eigenvalue weighted by molar-refractivity contribution is 5.95. The number of fused-ring (bicyclic) bond motifs is 1. The molecule has 0 unspecified atom stereocenters. The van der Waals surface area contributed by atoms with Crippen molar-refractivity contribution >= 4 is 11.6 Å². The van der Waals surface area contributed by atoms with Crippen molar-refractivity contribution in [3.05, 3.63) is 18.2 Å². The van der Waals surface area contributed by atoms with Crippen LogP contribution in [0.3, 0.4) is 0 Å². The lowest BCUT2D eigenvalue weighted by Gasteiger charge is -2.25. The molecule has 0 radical (unpaired) electrons. The normalized spacial score (nSPS) is 17.7. The molecule has 110 valence electrons. The number of alkyl halides is 2. The van der Waals surface area contributed by atoms with Crippen LogP contribution in [0.2, 0.25) is 0 Å². The van der Waals surface area contributed by atoms with Gasteiger partial charge in [0.05, 0.1) is 6.04 Å². The fraction of sp³-hybridized carbons (Fsp3) is 0.462. The molecule has 1 atom stereocenters. The minimum atomic E-state index is -3.67. The average molecular weight is 286 g/mol. The van der Waals surface area contributed by atoms with E-state index in [4.69, 9.17) is 5.73 Å². The molecule has 0 spiro atoms. The van der Waals surface area contributed by atoms with E-state index in [1.165, 1.54) is 18.2 Å². The number of anilines is 1. The number of hydrogen-bond donors (Lipinski definition) is 2. The monoisotopic (exact) mass is 286 g/mol. The topological polar surface area (TPSA) is 73.6 Å². The molecule has 2 rings (SSSR count). The van der Waals surface area contributed by atoms with E-state index in [1.54, 1.807) is 0 Å². The minimum absolute atomic E-state index is 0.0758. The van der Waals surface area contributed by atoms with E-state index in [9.17, 15) is 13.6 Å². The summed E-state index contributed by atoms with van der Waals surface area (Å²) in [5.41, 5.74) is 5.72. The summed E-state index contributed by atoms with van der Waals surface area (Å²) in [6.07, 6.45) is -3.67. The van der Waals surface area contributed by atoms with Crippen LogP contribution in [-0.2, 0) is 4.79 Å². The number of amides is 1. The van der Waals surface area contributed by atoms with Crippen LogP contribution >= 0.6 is 0 Å². The zero-order chi connectivity index (χ0) is 15.1. The van der Waals surface area contributed by atoms with Crippen LogP contribution in [0.25, 0.3) is 0 Å². The lowest BCUT2D eigenvalue weighted by molar-refractivity contribution is -0.286. The number of nitrogens with one attached hydrogen (secondary N) is 1. The Bertz CT molecular complexity index is 541. The molecule has 0 saturated heterocycles.